The molecule has 1 fully saturated rings. The lowest BCUT2D eigenvalue weighted by atomic mass is 9.82. The smallest absolute Gasteiger partial charge is 0.294 e. The SMILES string of the molecule is CCCC1CCSC(COCCc2cc([N+](=O)[O-])ccc2S(=O)(=O)O)C2=CCCC=C21. The first-order valence-electron chi connectivity index (χ1n) is 10.7. The molecule has 0 bridgehead atoms. The summed E-state index contributed by atoms with van der Waals surface area (Å²) >= 11 is 1.90. The zero-order chi connectivity index (χ0) is 22.4. The molecule has 0 spiro atoms. The van der Waals surface area contributed by atoms with Crippen LogP contribution in [0.15, 0.2) is 46.4 Å². The van der Waals surface area contributed by atoms with Gasteiger partial charge in [0.25, 0.3) is 15.8 Å². The predicted octanol–water partition coefficient (Wildman–Crippen LogP) is 4.97. The molecule has 2 aliphatic rings. The molecule has 170 valence electrons. The summed E-state index contributed by atoms with van der Waals surface area (Å²) in [5.74, 6) is 1.68. The van der Waals surface area contributed by atoms with Crippen molar-refractivity contribution in [2.24, 2.45) is 5.92 Å². The van der Waals surface area contributed by atoms with Crippen LogP contribution >= 0.6 is 11.8 Å². The monoisotopic (exact) mass is 467 g/mol. The number of thioether (sulfide) groups is 1. The topological polar surface area (TPSA) is 107 Å². The van der Waals surface area contributed by atoms with E-state index >= 15 is 0 Å². The summed E-state index contributed by atoms with van der Waals surface area (Å²) in [6.45, 7) is 2.94. The molecule has 2 atom stereocenters. The molecular weight excluding hydrogens is 438 g/mol. The normalized spacial score (nSPS) is 21.6. The molecule has 0 aromatic heterocycles. The fourth-order valence-corrected chi connectivity index (χ4v) is 6.36. The Bertz CT molecular complexity index is 970. The number of nitro groups is 1. The van der Waals surface area contributed by atoms with Crippen molar-refractivity contribution < 1.29 is 22.6 Å². The minimum absolute atomic E-state index is 0.161. The molecule has 7 nitrogen and oxygen atoms in total. The van der Waals surface area contributed by atoms with Crippen molar-refractivity contribution in [3.63, 3.8) is 0 Å². The number of fused-ring (bicyclic) bond motifs is 1. The van der Waals surface area contributed by atoms with E-state index in [2.05, 4.69) is 19.1 Å². The van der Waals surface area contributed by atoms with Gasteiger partial charge in [0.2, 0.25) is 0 Å². The molecule has 3 rings (SSSR count). The predicted molar refractivity (Wildman–Crippen MR) is 122 cm³/mol. The van der Waals surface area contributed by atoms with E-state index in [4.69, 9.17) is 4.74 Å². The van der Waals surface area contributed by atoms with Gasteiger partial charge in [-0.3, -0.25) is 14.7 Å². The fourth-order valence-electron chi connectivity index (χ4n) is 4.32. The second kappa shape index (κ2) is 10.8. The lowest BCUT2D eigenvalue weighted by Gasteiger charge is -2.25. The van der Waals surface area contributed by atoms with E-state index in [1.807, 2.05) is 11.8 Å². The van der Waals surface area contributed by atoms with Gasteiger partial charge in [0.1, 0.15) is 0 Å². The van der Waals surface area contributed by atoms with E-state index in [1.54, 1.807) is 0 Å². The molecule has 9 heteroatoms. The number of hydrogen-bond acceptors (Lipinski definition) is 6. The number of ether oxygens (including phenoxy) is 1. The molecule has 1 heterocycles. The minimum Gasteiger partial charge on any atom is -0.380 e. The van der Waals surface area contributed by atoms with Crippen LogP contribution in [-0.2, 0) is 21.3 Å². The van der Waals surface area contributed by atoms with E-state index in [0.717, 1.165) is 30.7 Å². The van der Waals surface area contributed by atoms with Gasteiger partial charge >= 0.3 is 0 Å². The third-order valence-corrected chi connectivity index (χ3v) is 7.97. The van der Waals surface area contributed by atoms with Crippen LogP contribution in [0, 0.1) is 16.0 Å². The van der Waals surface area contributed by atoms with Crippen molar-refractivity contribution in [1.29, 1.82) is 0 Å². The zero-order valence-electron chi connectivity index (χ0n) is 17.7. The highest BCUT2D eigenvalue weighted by atomic mass is 32.2. The standard InChI is InChI=1S/C22H29NO6S2/c1-2-5-16-11-13-30-21(20-7-4-3-6-19(16)20)15-29-12-10-17-14-18(23(24)25)8-9-22(17)31(26,27)28/h6-9,14,16,21H,2-5,10-13,15H2,1H3,(H,26,27,28). The van der Waals surface area contributed by atoms with Crippen molar-refractivity contribution in [2.45, 2.75) is 55.6 Å². The number of rotatable bonds is 9. The summed E-state index contributed by atoms with van der Waals surface area (Å²) in [6, 6.07) is 3.33. The molecule has 0 saturated carbocycles. The van der Waals surface area contributed by atoms with Gasteiger partial charge in [-0.15, -0.1) is 0 Å². The second-order valence-electron chi connectivity index (χ2n) is 7.88. The molecule has 1 aromatic rings. The summed E-state index contributed by atoms with van der Waals surface area (Å²) in [4.78, 5) is 10.1. The molecular formula is C22H29NO6S2. The minimum atomic E-state index is -4.46. The van der Waals surface area contributed by atoms with E-state index in [0.29, 0.717) is 12.5 Å². The Morgan fingerprint density at radius 2 is 2.00 bits per heavy atom. The highest BCUT2D eigenvalue weighted by molar-refractivity contribution is 8.00. The summed E-state index contributed by atoms with van der Waals surface area (Å²) in [7, 11) is -4.46. The first-order valence-corrected chi connectivity index (χ1v) is 13.1. The van der Waals surface area contributed by atoms with Crippen LogP contribution in [0.1, 0.15) is 44.6 Å². The van der Waals surface area contributed by atoms with Gasteiger partial charge in [0.05, 0.1) is 28.3 Å². The van der Waals surface area contributed by atoms with Crippen LogP contribution in [0.4, 0.5) is 5.69 Å². The lowest BCUT2D eigenvalue weighted by molar-refractivity contribution is -0.385. The van der Waals surface area contributed by atoms with Gasteiger partial charge in [-0.05, 0) is 66.6 Å². The van der Waals surface area contributed by atoms with Crippen LogP contribution in [0.2, 0.25) is 0 Å². The Balaban J connectivity index is 1.65. The number of hydrogen-bond donors (Lipinski definition) is 1. The number of benzene rings is 1. The molecule has 1 aliphatic carbocycles. The lowest BCUT2D eigenvalue weighted by Crippen LogP contribution is -2.19. The van der Waals surface area contributed by atoms with Crippen LogP contribution in [-0.4, -0.2) is 42.1 Å². The number of nitrogens with zero attached hydrogens (tertiary/aromatic N) is 1. The highest BCUT2D eigenvalue weighted by Gasteiger charge is 2.29. The van der Waals surface area contributed by atoms with Crippen LogP contribution in [0.5, 0.6) is 0 Å². The Labute approximate surface area is 187 Å². The van der Waals surface area contributed by atoms with Gasteiger partial charge in [-0.1, -0.05) is 25.5 Å². The van der Waals surface area contributed by atoms with Crippen molar-refractivity contribution >= 4 is 27.6 Å². The number of non-ortho nitro benzene ring substituents is 1. The Hall–Kier alpha value is -1.68. The van der Waals surface area contributed by atoms with Crippen molar-refractivity contribution in [3.8, 4) is 0 Å². The summed E-state index contributed by atoms with van der Waals surface area (Å²) in [5, 5.41) is 11.3. The van der Waals surface area contributed by atoms with Gasteiger partial charge < -0.3 is 4.74 Å². The molecule has 2 unspecified atom stereocenters. The third kappa shape index (κ3) is 6.19. The fraction of sp³-hybridized carbons (Fsp3) is 0.545. The van der Waals surface area contributed by atoms with Crippen LogP contribution in [0.3, 0.4) is 0 Å². The average Bonchev–Trinajstić information content (AvgIpc) is 2.90. The molecule has 1 saturated heterocycles. The highest BCUT2D eigenvalue weighted by Crippen LogP contribution is 2.41. The van der Waals surface area contributed by atoms with Crippen molar-refractivity contribution in [3.05, 3.63) is 57.2 Å². The van der Waals surface area contributed by atoms with E-state index < -0.39 is 15.0 Å². The summed E-state index contributed by atoms with van der Waals surface area (Å²) < 4.78 is 38.6. The Morgan fingerprint density at radius 1 is 1.26 bits per heavy atom. The largest absolute Gasteiger partial charge is 0.380 e. The van der Waals surface area contributed by atoms with Gasteiger partial charge in [-0.2, -0.15) is 20.2 Å². The maximum absolute atomic E-state index is 11.6. The molecule has 1 N–H and O–H groups in total. The molecule has 0 amide bonds. The first kappa shape index (κ1) is 24.0. The van der Waals surface area contributed by atoms with E-state index in [9.17, 15) is 23.1 Å². The Kier molecular flexibility index (Phi) is 8.32. The first-order chi connectivity index (χ1) is 14.8. The van der Waals surface area contributed by atoms with Crippen molar-refractivity contribution in [1.82, 2.24) is 0 Å². The average molecular weight is 468 g/mol. The zero-order valence-corrected chi connectivity index (χ0v) is 19.3. The third-order valence-electron chi connectivity index (χ3n) is 5.76. The number of nitro benzene ring substituents is 1. The second-order valence-corrected chi connectivity index (χ2v) is 10.6. The maximum atomic E-state index is 11.6. The van der Waals surface area contributed by atoms with E-state index in [-0.39, 0.29) is 34.4 Å². The van der Waals surface area contributed by atoms with Crippen LogP contribution in [0.25, 0.3) is 0 Å². The summed E-state index contributed by atoms with van der Waals surface area (Å²) in [6.07, 6.45) is 10.5. The Morgan fingerprint density at radius 3 is 2.68 bits per heavy atom. The quantitative estimate of drug-likeness (QED) is 0.236. The molecule has 1 aliphatic heterocycles. The van der Waals surface area contributed by atoms with E-state index in [1.165, 1.54) is 36.5 Å². The van der Waals surface area contributed by atoms with Gasteiger partial charge in [0, 0.05) is 12.1 Å². The van der Waals surface area contributed by atoms with Gasteiger partial charge in [-0.25, -0.2) is 0 Å². The van der Waals surface area contributed by atoms with Crippen LogP contribution < -0.4 is 0 Å². The molecule has 1 aromatic carbocycles. The maximum Gasteiger partial charge on any atom is 0.294 e. The number of allylic oxidation sites excluding steroid dienone is 3. The van der Waals surface area contributed by atoms with Gasteiger partial charge in [0.15, 0.2) is 0 Å². The van der Waals surface area contributed by atoms with Crippen molar-refractivity contribution in [2.75, 3.05) is 19.0 Å². The summed E-state index contributed by atoms with van der Waals surface area (Å²) in [5.41, 5.74) is 2.82. The molecule has 0 radical (unpaired) electrons. The molecule has 31 heavy (non-hydrogen) atoms.